The highest BCUT2D eigenvalue weighted by Gasteiger charge is 2.17. The number of hydrogen-bond donors (Lipinski definition) is 2. The number of carbonyl (C=O) groups excluding carboxylic acids is 1. The minimum atomic E-state index is -0.132. The van der Waals surface area contributed by atoms with Gasteiger partial charge in [0.25, 0.3) is 5.91 Å². The first-order valence-electron chi connectivity index (χ1n) is 7.29. The number of anilines is 1. The highest BCUT2D eigenvalue weighted by molar-refractivity contribution is 6.08. The Morgan fingerprint density at radius 1 is 1.33 bits per heavy atom. The summed E-state index contributed by atoms with van der Waals surface area (Å²) in [5.74, 6) is 0.311. The molecule has 3 rings (SSSR count). The molecule has 1 saturated heterocycles. The van der Waals surface area contributed by atoms with Crippen molar-refractivity contribution in [1.29, 1.82) is 0 Å². The fourth-order valence-electron chi connectivity index (χ4n) is 2.67. The van der Waals surface area contributed by atoms with Gasteiger partial charge in [-0.15, -0.1) is 0 Å². The van der Waals surface area contributed by atoms with Crippen LogP contribution < -0.4 is 11.1 Å². The first kappa shape index (κ1) is 13.8. The van der Waals surface area contributed by atoms with E-state index in [1.807, 2.05) is 24.3 Å². The summed E-state index contributed by atoms with van der Waals surface area (Å²) in [6, 6.07) is 7.54. The van der Waals surface area contributed by atoms with Crippen LogP contribution in [0.2, 0.25) is 0 Å². The maximum absolute atomic E-state index is 12.4. The number of hydrogen-bond acceptors (Lipinski definition) is 4. The van der Waals surface area contributed by atoms with Gasteiger partial charge >= 0.3 is 0 Å². The van der Waals surface area contributed by atoms with E-state index in [2.05, 4.69) is 10.3 Å². The molecule has 0 saturated carbocycles. The molecule has 2 heterocycles. The number of benzene rings is 1. The third-order valence-electron chi connectivity index (χ3n) is 3.83. The number of nitrogens with two attached hydrogens (primary N) is 1. The zero-order chi connectivity index (χ0) is 14.7. The van der Waals surface area contributed by atoms with E-state index >= 15 is 0 Å². The summed E-state index contributed by atoms with van der Waals surface area (Å²) in [7, 11) is 0. The molecule has 1 amide bonds. The second-order valence-electron chi connectivity index (χ2n) is 5.30. The van der Waals surface area contributed by atoms with Crippen molar-refractivity contribution in [2.45, 2.75) is 25.4 Å². The summed E-state index contributed by atoms with van der Waals surface area (Å²) in [5, 5.41) is 4.57. The van der Waals surface area contributed by atoms with E-state index in [0.29, 0.717) is 17.9 Å². The Kier molecular flexibility index (Phi) is 4.01. The fourth-order valence-corrected chi connectivity index (χ4v) is 2.67. The van der Waals surface area contributed by atoms with E-state index in [0.717, 1.165) is 36.6 Å². The number of rotatable bonds is 3. The van der Waals surface area contributed by atoms with Crippen LogP contribution in [0, 0.1) is 0 Å². The molecule has 1 aromatic heterocycles. The van der Waals surface area contributed by atoms with E-state index < -0.39 is 0 Å². The van der Waals surface area contributed by atoms with Gasteiger partial charge < -0.3 is 15.8 Å². The summed E-state index contributed by atoms with van der Waals surface area (Å²) in [4.78, 5) is 16.5. The van der Waals surface area contributed by atoms with Gasteiger partial charge in [0, 0.05) is 24.7 Å². The second-order valence-corrected chi connectivity index (χ2v) is 5.30. The standard InChI is InChI=1S/C16H19N3O2/c17-15-13-7-2-1-6-12(13)14(10-18-15)16(20)19-9-11-5-3-4-8-21-11/h1-2,6-7,10-11H,3-5,8-9H2,(H2,17,18)(H,19,20). The van der Waals surface area contributed by atoms with Gasteiger partial charge in [0.2, 0.25) is 0 Å². The number of nitrogen functional groups attached to an aromatic ring is 1. The number of ether oxygens (including phenoxy) is 1. The average molecular weight is 285 g/mol. The third kappa shape index (κ3) is 2.97. The summed E-state index contributed by atoms with van der Waals surface area (Å²) < 4.78 is 5.62. The number of carbonyl (C=O) groups is 1. The molecule has 0 aliphatic carbocycles. The van der Waals surface area contributed by atoms with Crippen molar-refractivity contribution in [2.24, 2.45) is 0 Å². The molecule has 0 bridgehead atoms. The quantitative estimate of drug-likeness (QED) is 0.905. The topological polar surface area (TPSA) is 77.2 Å². The molecule has 1 fully saturated rings. The molecule has 3 N–H and O–H groups in total. The third-order valence-corrected chi connectivity index (χ3v) is 3.83. The smallest absolute Gasteiger partial charge is 0.253 e. The van der Waals surface area contributed by atoms with E-state index in [9.17, 15) is 4.79 Å². The van der Waals surface area contributed by atoms with Gasteiger partial charge in [-0.1, -0.05) is 24.3 Å². The summed E-state index contributed by atoms with van der Waals surface area (Å²) >= 11 is 0. The van der Waals surface area contributed by atoms with Crippen molar-refractivity contribution in [2.75, 3.05) is 18.9 Å². The molecule has 1 atom stereocenters. The van der Waals surface area contributed by atoms with Gasteiger partial charge in [-0.05, 0) is 24.6 Å². The van der Waals surface area contributed by atoms with Crippen molar-refractivity contribution in [3.63, 3.8) is 0 Å². The number of nitrogens with zero attached hydrogens (tertiary/aromatic N) is 1. The highest BCUT2D eigenvalue weighted by atomic mass is 16.5. The van der Waals surface area contributed by atoms with Crippen LogP contribution in [0.15, 0.2) is 30.5 Å². The van der Waals surface area contributed by atoms with Gasteiger partial charge in [0.05, 0.1) is 11.7 Å². The second kappa shape index (κ2) is 6.10. The Morgan fingerprint density at radius 3 is 2.90 bits per heavy atom. The molecule has 110 valence electrons. The minimum Gasteiger partial charge on any atom is -0.383 e. The molecule has 5 nitrogen and oxygen atoms in total. The van der Waals surface area contributed by atoms with Crippen LogP contribution in [0.1, 0.15) is 29.6 Å². The number of fused-ring (bicyclic) bond motifs is 1. The van der Waals surface area contributed by atoms with E-state index in [-0.39, 0.29) is 12.0 Å². The van der Waals surface area contributed by atoms with Gasteiger partial charge in [0.1, 0.15) is 5.82 Å². The molecule has 5 heteroatoms. The van der Waals surface area contributed by atoms with Crippen LogP contribution in [0.3, 0.4) is 0 Å². The summed E-state index contributed by atoms with van der Waals surface area (Å²) in [6.45, 7) is 1.32. The molecule has 1 aliphatic rings. The summed E-state index contributed by atoms with van der Waals surface area (Å²) in [5.41, 5.74) is 6.40. The number of amides is 1. The van der Waals surface area contributed by atoms with Crippen molar-refractivity contribution in [1.82, 2.24) is 10.3 Å². The zero-order valence-corrected chi connectivity index (χ0v) is 11.8. The SMILES string of the molecule is Nc1ncc(C(=O)NCC2CCCCO2)c2ccccc12. The maximum Gasteiger partial charge on any atom is 0.253 e. The molecule has 2 aromatic rings. The van der Waals surface area contributed by atoms with E-state index in [4.69, 9.17) is 10.5 Å². The molecule has 1 unspecified atom stereocenters. The molecule has 0 radical (unpaired) electrons. The van der Waals surface area contributed by atoms with Crippen LogP contribution >= 0.6 is 0 Å². The molecule has 1 aromatic carbocycles. The van der Waals surface area contributed by atoms with Crippen molar-refractivity contribution >= 4 is 22.5 Å². The van der Waals surface area contributed by atoms with Crippen molar-refractivity contribution < 1.29 is 9.53 Å². The summed E-state index contributed by atoms with van der Waals surface area (Å²) in [6.07, 6.45) is 4.93. The zero-order valence-electron chi connectivity index (χ0n) is 11.8. The Bertz CT molecular complexity index is 651. The van der Waals surface area contributed by atoms with Crippen molar-refractivity contribution in [3.8, 4) is 0 Å². The van der Waals surface area contributed by atoms with Gasteiger partial charge in [-0.25, -0.2) is 4.98 Å². The van der Waals surface area contributed by atoms with Crippen LogP contribution in [0.5, 0.6) is 0 Å². The van der Waals surface area contributed by atoms with Crippen LogP contribution in [-0.4, -0.2) is 30.1 Å². The Labute approximate surface area is 123 Å². The normalized spacial score (nSPS) is 18.6. The van der Waals surface area contributed by atoms with Gasteiger partial charge in [-0.3, -0.25) is 4.79 Å². The van der Waals surface area contributed by atoms with Gasteiger partial charge in [0.15, 0.2) is 0 Å². The lowest BCUT2D eigenvalue weighted by Gasteiger charge is -2.22. The predicted octanol–water partition coefficient (Wildman–Crippen LogP) is 2.12. The number of pyridine rings is 1. The Morgan fingerprint density at radius 2 is 2.14 bits per heavy atom. The Balaban J connectivity index is 1.77. The lowest BCUT2D eigenvalue weighted by Crippen LogP contribution is -2.35. The highest BCUT2D eigenvalue weighted by Crippen LogP contribution is 2.22. The number of aromatic nitrogens is 1. The molecule has 1 aliphatic heterocycles. The van der Waals surface area contributed by atoms with Crippen LogP contribution in [-0.2, 0) is 4.74 Å². The molecular weight excluding hydrogens is 266 g/mol. The number of nitrogens with one attached hydrogen (secondary N) is 1. The van der Waals surface area contributed by atoms with Crippen LogP contribution in [0.4, 0.5) is 5.82 Å². The average Bonchev–Trinajstić information content (AvgIpc) is 2.54. The first-order valence-corrected chi connectivity index (χ1v) is 7.29. The molecule has 0 spiro atoms. The van der Waals surface area contributed by atoms with Gasteiger partial charge in [-0.2, -0.15) is 0 Å². The first-order chi connectivity index (χ1) is 10.3. The predicted molar refractivity (Wildman–Crippen MR) is 82.1 cm³/mol. The maximum atomic E-state index is 12.4. The molecular formula is C16H19N3O2. The minimum absolute atomic E-state index is 0.121. The lowest BCUT2D eigenvalue weighted by molar-refractivity contribution is 0.0169. The molecule has 21 heavy (non-hydrogen) atoms. The largest absolute Gasteiger partial charge is 0.383 e. The van der Waals surface area contributed by atoms with E-state index in [1.165, 1.54) is 6.20 Å². The Hall–Kier alpha value is -2.14. The lowest BCUT2D eigenvalue weighted by atomic mass is 10.1. The van der Waals surface area contributed by atoms with Crippen molar-refractivity contribution in [3.05, 3.63) is 36.0 Å². The fraction of sp³-hybridized carbons (Fsp3) is 0.375. The van der Waals surface area contributed by atoms with E-state index in [1.54, 1.807) is 0 Å². The van der Waals surface area contributed by atoms with Crippen LogP contribution in [0.25, 0.3) is 10.8 Å². The monoisotopic (exact) mass is 285 g/mol.